The van der Waals surface area contributed by atoms with E-state index in [-0.39, 0.29) is 5.91 Å². The molecular weight excluding hydrogens is 364 g/mol. The number of nitrogens with zero attached hydrogens (tertiary/aromatic N) is 1. The first-order valence-electron chi connectivity index (χ1n) is 11.6. The van der Waals surface area contributed by atoms with Gasteiger partial charge in [0.1, 0.15) is 5.00 Å². The molecule has 0 spiro atoms. The standard InChI is InChI=1S/C24H40N2OS/c1-3-4-5-6-7-10-14-21-16-13-17-22(21)15-11-8-9-12-18-23(27)25-24-19-20(2)26-28-24/h10,14,19,21-22H,3-9,11-13,15-18H2,1-2H3,(H,25,27)/b14-10+. The molecule has 0 saturated heterocycles. The molecule has 1 heterocycles. The van der Waals surface area contributed by atoms with Crippen LogP contribution in [-0.4, -0.2) is 10.3 Å². The molecule has 2 atom stereocenters. The zero-order valence-electron chi connectivity index (χ0n) is 18.0. The second-order valence-electron chi connectivity index (χ2n) is 8.47. The van der Waals surface area contributed by atoms with Gasteiger partial charge in [-0.3, -0.25) is 4.79 Å². The lowest BCUT2D eigenvalue weighted by atomic mass is 9.90. The topological polar surface area (TPSA) is 42.0 Å². The molecule has 3 nitrogen and oxygen atoms in total. The molecule has 0 bridgehead atoms. The van der Waals surface area contributed by atoms with E-state index in [0.29, 0.717) is 6.42 Å². The molecule has 2 rings (SSSR count). The van der Waals surface area contributed by atoms with Gasteiger partial charge in [0, 0.05) is 6.42 Å². The second kappa shape index (κ2) is 13.9. The normalized spacial score (nSPS) is 19.5. The smallest absolute Gasteiger partial charge is 0.225 e. The summed E-state index contributed by atoms with van der Waals surface area (Å²) in [6.07, 6.45) is 22.7. The molecule has 1 aromatic rings. The van der Waals surface area contributed by atoms with E-state index in [4.69, 9.17) is 0 Å². The molecular formula is C24H40N2OS. The van der Waals surface area contributed by atoms with Crippen LogP contribution < -0.4 is 5.32 Å². The van der Waals surface area contributed by atoms with Crippen LogP contribution in [0.5, 0.6) is 0 Å². The van der Waals surface area contributed by atoms with E-state index in [0.717, 1.165) is 29.0 Å². The lowest BCUT2D eigenvalue weighted by molar-refractivity contribution is -0.116. The summed E-state index contributed by atoms with van der Waals surface area (Å²) in [5.41, 5.74) is 0.969. The molecule has 1 aromatic heterocycles. The van der Waals surface area contributed by atoms with Crippen molar-refractivity contribution in [3.05, 3.63) is 23.9 Å². The third-order valence-electron chi connectivity index (χ3n) is 5.94. The predicted octanol–water partition coefficient (Wildman–Crippen LogP) is 7.67. The SMILES string of the molecule is CCCCCC/C=C/C1CCCC1CCCCCCC(=O)Nc1cc(C)ns1. The first-order chi connectivity index (χ1) is 13.7. The third-order valence-corrected chi connectivity index (χ3v) is 6.74. The van der Waals surface area contributed by atoms with Crippen molar-refractivity contribution in [2.75, 3.05) is 5.32 Å². The molecule has 158 valence electrons. The molecule has 0 aromatic carbocycles. The maximum absolute atomic E-state index is 12.0. The minimum absolute atomic E-state index is 0.128. The van der Waals surface area contributed by atoms with E-state index >= 15 is 0 Å². The van der Waals surface area contributed by atoms with E-state index in [1.807, 2.05) is 13.0 Å². The van der Waals surface area contributed by atoms with Crippen molar-refractivity contribution in [1.29, 1.82) is 0 Å². The number of nitrogens with one attached hydrogen (secondary N) is 1. The summed E-state index contributed by atoms with van der Waals surface area (Å²) in [5, 5.41) is 3.82. The van der Waals surface area contributed by atoms with Gasteiger partial charge < -0.3 is 5.32 Å². The van der Waals surface area contributed by atoms with E-state index < -0.39 is 0 Å². The molecule has 4 heteroatoms. The first kappa shape index (κ1) is 23.1. The largest absolute Gasteiger partial charge is 0.316 e. The number of hydrogen-bond donors (Lipinski definition) is 1. The number of rotatable bonds is 14. The van der Waals surface area contributed by atoms with Crippen LogP contribution in [0.2, 0.25) is 0 Å². The summed E-state index contributed by atoms with van der Waals surface area (Å²) in [6.45, 7) is 4.22. The third kappa shape index (κ3) is 9.36. The molecule has 1 aliphatic rings. The van der Waals surface area contributed by atoms with E-state index in [1.165, 1.54) is 88.6 Å². The molecule has 1 saturated carbocycles. The van der Waals surface area contributed by atoms with Crippen molar-refractivity contribution in [3.8, 4) is 0 Å². The van der Waals surface area contributed by atoms with Gasteiger partial charge in [-0.15, -0.1) is 0 Å². The Kier molecular flexibility index (Phi) is 11.5. The summed E-state index contributed by atoms with van der Waals surface area (Å²) < 4.78 is 4.19. The molecule has 28 heavy (non-hydrogen) atoms. The number of hydrogen-bond acceptors (Lipinski definition) is 3. The van der Waals surface area contributed by atoms with Crippen molar-refractivity contribution in [2.24, 2.45) is 11.8 Å². The Balaban J connectivity index is 1.50. The van der Waals surface area contributed by atoms with Gasteiger partial charge in [-0.2, -0.15) is 4.37 Å². The van der Waals surface area contributed by atoms with E-state index in [1.54, 1.807) is 0 Å². The molecule has 2 unspecified atom stereocenters. The van der Waals surface area contributed by atoms with Gasteiger partial charge in [-0.1, -0.05) is 64.0 Å². The Morgan fingerprint density at radius 1 is 1.18 bits per heavy atom. The van der Waals surface area contributed by atoms with Crippen LogP contribution in [0.15, 0.2) is 18.2 Å². The molecule has 0 radical (unpaired) electrons. The number of carbonyl (C=O) groups excluding carboxylic acids is 1. The quantitative estimate of drug-likeness (QED) is 0.255. The summed E-state index contributed by atoms with van der Waals surface area (Å²) in [6, 6.07) is 1.93. The Morgan fingerprint density at radius 2 is 2.00 bits per heavy atom. The first-order valence-corrected chi connectivity index (χ1v) is 12.4. The van der Waals surface area contributed by atoms with Gasteiger partial charge in [0.05, 0.1) is 5.69 Å². The monoisotopic (exact) mass is 404 g/mol. The van der Waals surface area contributed by atoms with Crippen molar-refractivity contribution in [3.63, 3.8) is 0 Å². The average Bonchev–Trinajstić information content (AvgIpc) is 3.29. The van der Waals surface area contributed by atoms with Gasteiger partial charge >= 0.3 is 0 Å². The van der Waals surface area contributed by atoms with Gasteiger partial charge in [0.25, 0.3) is 0 Å². The summed E-state index contributed by atoms with van der Waals surface area (Å²) >= 11 is 1.36. The van der Waals surface area contributed by atoms with Crippen LogP contribution in [-0.2, 0) is 4.79 Å². The zero-order chi connectivity index (χ0) is 20.0. The van der Waals surface area contributed by atoms with Gasteiger partial charge in [-0.25, -0.2) is 0 Å². The Bertz CT molecular complexity index is 581. The zero-order valence-corrected chi connectivity index (χ0v) is 18.9. The van der Waals surface area contributed by atoms with Crippen LogP contribution >= 0.6 is 11.5 Å². The average molecular weight is 405 g/mol. The molecule has 1 amide bonds. The van der Waals surface area contributed by atoms with Crippen molar-refractivity contribution >= 4 is 22.4 Å². The Labute approximate surface area is 176 Å². The predicted molar refractivity (Wildman–Crippen MR) is 122 cm³/mol. The number of aryl methyl sites for hydroxylation is 1. The number of carbonyl (C=O) groups is 1. The minimum Gasteiger partial charge on any atom is -0.316 e. The highest BCUT2D eigenvalue weighted by atomic mass is 32.1. The molecule has 1 aliphatic carbocycles. The van der Waals surface area contributed by atoms with Crippen LogP contribution in [0, 0.1) is 18.8 Å². The maximum atomic E-state index is 12.0. The lowest BCUT2D eigenvalue weighted by Gasteiger charge is -2.16. The number of anilines is 1. The van der Waals surface area contributed by atoms with Crippen LogP contribution in [0.25, 0.3) is 0 Å². The van der Waals surface area contributed by atoms with Crippen molar-refractivity contribution in [2.45, 2.75) is 104 Å². The van der Waals surface area contributed by atoms with E-state index in [2.05, 4.69) is 28.8 Å². The summed E-state index contributed by atoms with van der Waals surface area (Å²) in [4.78, 5) is 12.0. The second-order valence-corrected chi connectivity index (χ2v) is 9.27. The maximum Gasteiger partial charge on any atom is 0.225 e. The van der Waals surface area contributed by atoms with Gasteiger partial charge in [-0.05, 0) is 74.9 Å². The van der Waals surface area contributed by atoms with Gasteiger partial charge in [0.2, 0.25) is 5.91 Å². The highest BCUT2D eigenvalue weighted by Crippen LogP contribution is 2.36. The number of amides is 1. The Morgan fingerprint density at radius 3 is 2.79 bits per heavy atom. The fourth-order valence-corrected chi connectivity index (χ4v) is 4.98. The van der Waals surface area contributed by atoms with Gasteiger partial charge in [0.15, 0.2) is 0 Å². The van der Waals surface area contributed by atoms with Crippen molar-refractivity contribution < 1.29 is 4.79 Å². The van der Waals surface area contributed by atoms with E-state index in [9.17, 15) is 4.79 Å². The highest BCUT2D eigenvalue weighted by molar-refractivity contribution is 7.10. The summed E-state index contributed by atoms with van der Waals surface area (Å²) in [5.74, 6) is 1.87. The number of allylic oxidation sites excluding steroid dienone is 2. The van der Waals surface area contributed by atoms with Crippen molar-refractivity contribution in [1.82, 2.24) is 4.37 Å². The fourth-order valence-electron chi connectivity index (χ4n) is 4.31. The highest BCUT2D eigenvalue weighted by Gasteiger charge is 2.24. The van der Waals surface area contributed by atoms with Crippen LogP contribution in [0.3, 0.4) is 0 Å². The Hall–Kier alpha value is -1.16. The minimum atomic E-state index is 0.128. The lowest BCUT2D eigenvalue weighted by Crippen LogP contribution is -2.10. The number of aromatic nitrogens is 1. The van der Waals surface area contributed by atoms with Crippen LogP contribution in [0.4, 0.5) is 5.00 Å². The van der Waals surface area contributed by atoms with Crippen LogP contribution in [0.1, 0.15) is 103 Å². The molecule has 0 aliphatic heterocycles. The molecule has 1 N–H and O–H groups in total. The molecule has 1 fully saturated rings. The fraction of sp³-hybridized carbons (Fsp3) is 0.750. The summed E-state index contributed by atoms with van der Waals surface area (Å²) in [7, 11) is 0. The number of unbranched alkanes of at least 4 members (excludes halogenated alkanes) is 7.